The summed E-state index contributed by atoms with van der Waals surface area (Å²) in [4.78, 5) is -0.170. The van der Waals surface area contributed by atoms with Crippen molar-refractivity contribution in [1.82, 2.24) is 0 Å². The molecular formula is C14H21KN2O3S. The predicted octanol–water partition coefficient (Wildman–Crippen LogP) is 0.119. The molecule has 0 radical (unpaired) electrons. The first-order chi connectivity index (χ1) is 9.52. The second kappa shape index (κ2) is 8.86. The Morgan fingerprint density at radius 3 is 2.52 bits per heavy atom. The van der Waals surface area contributed by atoms with Crippen LogP contribution in [0.3, 0.4) is 0 Å². The van der Waals surface area contributed by atoms with E-state index >= 15 is 0 Å². The third-order valence-electron chi connectivity index (χ3n) is 3.54. The van der Waals surface area contributed by atoms with Gasteiger partial charge in [-0.05, 0) is 25.0 Å². The minimum atomic E-state index is -4.44. The van der Waals surface area contributed by atoms with Gasteiger partial charge in [0.05, 0.1) is 22.4 Å². The van der Waals surface area contributed by atoms with E-state index in [1.165, 1.54) is 31.7 Å². The molecule has 1 aromatic carbocycles. The van der Waals surface area contributed by atoms with Crippen LogP contribution in [0.25, 0.3) is 0 Å². The normalized spacial score (nSPS) is 16.6. The van der Waals surface area contributed by atoms with E-state index in [0.29, 0.717) is 11.4 Å². The van der Waals surface area contributed by atoms with Crippen molar-refractivity contribution < 1.29 is 64.4 Å². The van der Waals surface area contributed by atoms with Crippen molar-refractivity contribution in [2.24, 2.45) is 0 Å². The van der Waals surface area contributed by atoms with Gasteiger partial charge in [0.2, 0.25) is 0 Å². The summed E-state index contributed by atoms with van der Waals surface area (Å²) in [6, 6.07) is 4.72. The van der Waals surface area contributed by atoms with Crippen LogP contribution in [0.15, 0.2) is 23.1 Å². The van der Waals surface area contributed by atoms with Gasteiger partial charge in [-0.2, -0.15) is 0 Å². The summed E-state index contributed by atoms with van der Waals surface area (Å²) in [6.45, 7) is 2.18. The molecule has 0 bridgehead atoms. The maximum Gasteiger partial charge on any atom is 1.00 e. The number of fused-ring (bicyclic) bond motifs is 1. The molecule has 21 heavy (non-hydrogen) atoms. The van der Waals surface area contributed by atoms with Crippen molar-refractivity contribution >= 4 is 21.5 Å². The molecule has 5 nitrogen and oxygen atoms in total. The Hall–Kier alpha value is 0.366. The van der Waals surface area contributed by atoms with Crippen LogP contribution < -0.4 is 62.0 Å². The number of rotatable bonds is 7. The summed E-state index contributed by atoms with van der Waals surface area (Å²) >= 11 is 0. The number of hydrogen-bond acceptors (Lipinski definition) is 5. The summed E-state index contributed by atoms with van der Waals surface area (Å²) < 4.78 is 33.6. The zero-order valence-corrected chi connectivity index (χ0v) is 16.6. The van der Waals surface area contributed by atoms with Crippen LogP contribution in [0.5, 0.6) is 0 Å². The van der Waals surface area contributed by atoms with Gasteiger partial charge in [-0.3, -0.25) is 0 Å². The van der Waals surface area contributed by atoms with Gasteiger partial charge in [-0.1, -0.05) is 38.7 Å². The number of unbranched alkanes of at least 4 members (excludes halogenated alkanes) is 4. The van der Waals surface area contributed by atoms with Gasteiger partial charge in [0.15, 0.2) is 0 Å². The molecule has 1 heterocycles. The van der Waals surface area contributed by atoms with Crippen molar-refractivity contribution in [3.8, 4) is 0 Å². The van der Waals surface area contributed by atoms with Crippen LogP contribution in [-0.4, -0.2) is 19.1 Å². The standard InChI is InChI=1S/C14H22N2O3S.K/c1-2-3-4-5-6-10-13-15-11-8-7-9-12(14(11)16-13)20(17,18)19;/h7-9,13,15-16H,2-6,10H2,1H3,(H,17,18,19);/q;+1/p-1. The zero-order valence-electron chi connectivity index (χ0n) is 12.7. The van der Waals surface area contributed by atoms with Crippen molar-refractivity contribution in [2.45, 2.75) is 56.5 Å². The summed E-state index contributed by atoms with van der Waals surface area (Å²) in [5, 5.41) is 6.33. The van der Waals surface area contributed by atoms with Gasteiger partial charge in [0, 0.05) is 0 Å². The first-order valence-corrected chi connectivity index (χ1v) is 8.55. The van der Waals surface area contributed by atoms with Crippen LogP contribution >= 0.6 is 0 Å². The average molecular weight is 336 g/mol. The molecule has 0 spiro atoms. The minimum Gasteiger partial charge on any atom is -0.744 e. The SMILES string of the molecule is CCCCCCCC1Nc2cccc(S(=O)(=O)[O-])c2N1.[K+]. The Morgan fingerprint density at radius 1 is 1.14 bits per heavy atom. The number of anilines is 2. The molecule has 0 aromatic heterocycles. The van der Waals surface area contributed by atoms with E-state index in [9.17, 15) is 13.0 Å². The molecule has 0 aliphatic carbocycles. The second-order valence-electron chi connectivity index (χ2n) is 5.18. The van der Waals surface area contributed by atoms with Gasteiger partial charge in [-0.25, -0.2) is 8.42 Å². The first kappa shape index (κ1) is 19.4. The smallest absolute Gasteiger partial charge is 0.744 e. The van der Waals surface area contributed by atoms with E-state index in [-0.39, 0.29) is 62.4 Å². The Morgan fingerprint density at radius 2 is 1.86 bits per heavy atom. The van der Waals surface area contributed by atoms with E-state index in [0.717, 1.165) is 12.8 Å². The molecule has 2 N–H and O–H groups in total. The number of benzene rings is 1. The summed E-state index contributed by atoms with van der Waals surface area (Å²) in [5.74, 6) is 0. The third-order valence-corrected chi connectivity index (χ3v) is 4.42. The monoisotopic (exact) mass is 336 g/mol. The van der Waals surface area contributed by atoms with Gasteiger partial charge >= 0.3 is 51.4 Å². The van der Waals surface area contributed by atoms with Gasteiger partial charge in [0.1, 0.15) is 10.1 Å². The van der Waals surface area contributed by atoms with Crippen molar-refractivity contribution in [3.05, 3.63) is 18.2 Å². The maximum atomic E-state index is 11.2. The zero-order chi connectivity index (χ0) is 14.6. The topological polar surface area (TPSA) is 81.3 Å². The van der Waals surface area contributed by atoms with Gasteiger partial charge in [0.25, 0.3) is 0 Å². The van der Waals surface area contributed by atoms with Crippen molar-refractivity contribution in [3.63, 3.8) is 0 Å². The van der Waals surface area contributed by atoms with Gasteiger partial charge in [-0.15, -0.1) is 0 Å². The Balaban J connectivity index is 0.00000220. The Labute approximate surface area is 169 Å². The predicted molar refractivity (Wildman–Crippen MR) is 78.8 cm³/mol. The maximum absolute atomic E-state index is 11.2. The van der Waals surface area contributed by atoms with E-state index in [1.807, 2.05) is 0 Å². The second-order valence-corrected chi connectivity index (χ2v) is 6.53. The minimum absolute atomic E-state index is 0. The molecule has 1 aliphatic rings. The molecule has 112 valence electrons. The number of hydrogen-bond donors (Lipinski definition) is 2. The quantitative estimate of drug-likeness (QED) is 0.420. The van der Waals surface area contributed by atoms with E-state index in [4.69, 9.17) is 0 Å². The van der Waals surface area contributed by atoms with Crippen molar-refractivity contribution in [2.75, 3.05) is 10.6 Å². The van der Waals surface area contributed by atoms with Gasteiger partial charge < -0.3 is 15.2 Å². The van der Waals surface area contributed by atoms with Crippen LogP contribution in [-0.2, 0) is 10.1 Å². The molecule has 0 amide bonds. The summed E-state index contributed by atoms with van der Waals surface area (Å²) in [6.07, 6.45) is 6.89. The Bertz CT molecular complexity index is 563. The van der Waals surface area contributed by atoms with E-state index in [1.54, 1.807) is 12.1 Å². The molecule has 7 heteroatoms. The van der Waals surface area contributed by atoms with Crippen LogP contribution in [0.4, 0.5) is 11.4 Å². The van der Waals surface area contributed by atoms with Crippen LogP contribution in [0.2, 0.25) is 0 Å². The molecule has 1 aliphatic heterocycles. The van der Waals surface area contributed by atoms with Crippen molar-refractivity contribution in [1.29, 1.82) is 0 Å². The fourth-order valence-corrected chi connectivity index (χ4v) is 3.17. The Kier molecular flexibility index (Phi) is 8.19. The van der Waals surface area contributed by atoms with Crippen LogP contribution in [0.1, 0.15) is 45.4 Å². The molecule has 1 atom stereocenters. The number of nitrogens with one attached hydrogen (secondary N) is 2. The summed E-state index contributed by atoms with van der Waals surface area (Å²) in [7, 11) is -4.44. The molecule has 2 rings (SSSR count). The fourth-order valence-electron chi connectivity index (χ4n) is 2.50. The summed E-state index contributed by atoms with van der Waals surface area (Å²) in [5.41, 5.74) is 1.11. The average Bonchev–Trinajstić information content (AvgIpc) is 2.79. The molecule has 1 unspecified atom stereocenters. The fraction of sp³-hybridized carbons (Fsp3) is 0.571. The molecule has 0 saturated heterocycles. The molecule has 0 saturated carbocycles. The third kappa shape index (κ3) is 5.49. The van der Waals surface area contributed by atoms with E-state index < -0.39 is 10.1 Å². The first-order valence-electron chi connectivity index (χ1n) is 7.14. The largest absolute Gasteiger partial charge is 1.00 e. The number of para-hydroxylation sites is 1. The molecule has 0 fully saturated rings. The molecule has 1 aromatic rings. The van der Waals surface area contributed by atoms with E-state index in [2.05, 4.69) is 17.6 Å². The van der Waals surface area contributed by atoms with Crippen LogP contribution in [0, 0.1) is 0 Å². The molecular weight excluding hydrogens is 315 g/mol.